The largest absolute Gasteiger partial charge is 0.384 e. The predicted octanol–water partition coefficient (Wildman–Crippen LogP) is 3.36. The third-order valence-corrected chi connectivity index (χ3v) is 4.45. The zero-order valence-corrected chi connectivity index (χ0v) is 12.4. The van der Waals surface area contributed by atoms with Crippen LogP contribution in [0.5, 0.6) is 0 Å². The summed E-state index contributed by atoms with van der Waals surface area (Å²) in [6, 6.07) is 9.31. The quantitative estimate of drug-likeness (QED) is 0.655. The number of benzene rings is 1. The van der Waals surface area contributed by atoms with Crippen LogP contribution in [0.1, 0.15) is 29.0 Å². The Labute approximate surface area is 122 Å². The second-order valence-electron chi connectivity index (χ2n) is 4.80. The van der Waals surface area contributed by atoms with Crippen molar-refractivity contribution in [1.82, 2.24) is 4.90 Å². The molecule has 0 radical (unpaired) electrons. The Bertz CT molecular complexity index is 595. The van der Waals surface area contributed by atoms with Crippen LogP contribution in [-0.2, 0) is 6.54 Å². The van der Waals surface area contributed by atoms with Gasteiger partial charge in [-0.2, -0.15) is 0 Å². The van der Waals surface area contributed by atoms with Crippen LogP contribution in [0.25, 0.3) is 0 Å². The van der Waals surface area contributed by atoms with Gasteiger partial charge < -0.3 is 5.73 Å². The summed E-state index contributed by atoms with van der Waals surface area (Å²) in [4.78, 5) is 3.32. The lowest BCUT2D eigenvalue weighted by atomic mass is 10.1. The van der Waals surface area contributed by atoms with Crippen LogP contribution in [-0.4, -0.2) is 17.8 Å². The van der Waals surface area contributed by atoms with Gasteiger partial charge in [0.15, 0.2) is 0 Å². The summed E-state index contributed by atoms with van der Waals surface area (Å²) in [6.45, 7) is 2.57. The van der Waals surface area contributed by atoms with Crippen molar-refractivity contribution in [2.45, 2.75) is 19.5 Å². The highest BCUT2D eigenvalue weighted by Crippen LogP contribution is 2.25. The number of nitrogen functional groups attached to an aromatic ring is 1. The van der Waals surface area contributed by atoms with Crippen molar-refractivity contribution in [3.63, 3.8) is 0 Å². The topological polar surface area (TPSA) is 53.1 Å². The fourth-order valence-electron chi connectivity index (χ4n) is 2.06. The highest BCUT2D eigenvalue weighted by atomic mass is 32.1. The molecule has 0 aliphatic rings. The van der Waals surface area contributed by atoms with Gasteiger partial charge >= 0.3 is 0 Å². The van der Waals surface area contributed by atoms with Gasteiger partial charge in [-0.3, -0.25) is 10.3 Å². The fraction of sp³-hybridized carbons (Fsp3) is 0.267. The molecule has 3 N–H and O–H groups in total. The first-order valence-electron chi connectivity index (χ1n) is 6.36. The standard InChI is InChI=1S/C15H18FN3S/c1-10(13-7-4-8-20-13)19(2)9-11-5-3-6-12(14(11)16)15(17)18/h3-8,10H,9H2,1-2H3,(H3,17,18). The van der Waals surface area contributed by atoms with E-state index in [9.17, 15) is 4.39 Å². The molecule has 1 aromatic heterocycles. The summed E-state index contributed by atoms with van der Waals surface area (Å²) in [5.74, 6) is -0.636. The molecule has 0 bridgehead atoms. The number of rotatable bonds is 5. The van der Waals surface area contributed by atoms with Gasteiger partial charge in [0, 0.05) is 23.0 Å². The van der Waals surface area contributed by atoms with Gasteiger partial charge in [0.05, 0.1) is 5.56 Å². The first-order chi connectivity index (χ1) is 9.50. The van der Waals surface area contributed by atoms with Gasteiger partial charge in [0.2, 0.25) is 0 Å². The molecule has 1 heterocycles. The van der Waals surface area contributed by atoms with E-state index in [-0.39, 0.29) is 17.4 Å². The van der Waals surface area contributed by atoms with Gasteiger partial charge in [0.25, 0.3) is 0 Å². The van der Waals surface area contributed by atoms with Gasteiger partial charge in [-0.15, -0.1) is 11.3 Å². The van der Waals surface area contributed by atoms with Crippen molar-refractivity contribution in [2.75, 3.05) is 7.05 Å². The molecule has 2 rings (SSSR count). The Morgan fingerprint density at radius 1 is 1.40 bits per heavy atom. The Balaban J connectivity index is 2.18. The van der Waals surface area contributed by atoms with Crippen molar-refractivity contribution in [3.05, 3.63) is 57.5 Å². The molecule has 0 fully saturated rings. The van der Waals surface area contributed by atoms with Gasteiger partial charge in [-0.25, -0.2) is 4.39 Å². The number of thiophene rings is 1. The highest BCUT2D eigenvalue weighted by molar-refractivity contribution is 7.10. The summed E-state index contributed by atoms with van der Waals surface area (Å²) < 4.78 is 14.2. The van der Waals surface area contributed by atoms with E-state index in [4.69, 9.17) is 11.1 Å². The average Bonchev–Trinajstić information content (AvgIpc) is 2.93. The van der Waals surface area contributed by atoms with E-state index in [2.05, 4.69) is 17.9 Å². The molecule has 1 unspecified atom stereocenters. The normalized spacial score (nSPS) is 12.6. The molecule has 0 amide bonds. The van der Waals surface area contributed by atoms with Crippen molar-refractivity contribution >= 4 is 17.2 Å². The monoisotopic (exact) mass is 291 g/mol. The van der Waals surface area contributed by atoms with Crippen LogP contribution >= 0.6 is 11.3 Å². The van der Waals surface area contributed by atoms with E-state index in [0.29, 0.717) is 12.1 Å². The number of nitrogens with two attached hydrogens (primary N) is 1. The van der Waals surface area contributed by atoms with Crippen LogP contribution in [0.4, 0.5) is 4.39 Å². The Hall–Kier alpha value is -1.72. The van der Waals surface area contributed by atoms with Gasteiger partial charge in [-0.05, 0) is 31.5 Å². The lowest BCUT2D eigenvalue weighted by Crippen LogP contribution is -2.23. The maximum atomic E-state index is 14.2. The molecule has 1 atom stereocenters. The van der Waals surface area contributed by atoms with E-state index in [1.807, 2.05) is 18.5 Å². The molecule has 3 nitrogen and oxygen atoms in total. The van der Waals surface area contributed by atoms with E-state index in [1.165, 1.54) is 10.9 Å². The number of nitrogens with zero attached hydrogens (tertiary/aromatic N) is 1. The van der Waals surface area contributed by atoms with E-state index in [1.54, 1.807) is 23.5 Å². The number of hydrogen-bond acceptors (Lipinski definition) is 3. The van der Waals surface area contributed by atoms with Crippen molar-refractivity contribution in [2.24, 2.45) is 5.73 Å². The first-order valence-corrected chi connectivity index (χ1v) is 7.24. The second-order valence-corrected chi connectivity index (χ2v) is 5.78. The Kier molecular flexibility index (Phi) is 4.52. The van der Waals surface area contributed by atoms with Crippen LogP contribution in [0, 0.1) is 11.2 Å². The number of amidine groups is 1. The molecule has 0 aliphatic carbocycles. The van der Waals surface area contributed by atoms with E-state index in [0.717, 1.165) is 0 Å². The van der Waals surface area contributed by atoms with Gasteiger partial charge in [0.1, 0.15) is 11.7 Å². The van der Waals surface area contributed by atoms with Crippen LogP contribution in [0.2, 0.25) is 0 Å². The fourth-order valence-corrected chi connectivity index (χ4v) is 2.91. The smallest absolute Gasteiger partial charge is 0.138 e. The summed E-state index contributed by atoms with van der Waals surface area (Å²) in [5.41, 5.74) is 6.11. The molecule has 0 aliphatic heterocycles. The molecule has 0 saturated heterocycles. The number of halogens is 1. The SMILES string of the molecule is CC(c1cccs1)N(C)Cc1cccc(C(=N)N)c1F. The zero-order chi connectivity index (χ0) is 14.7. The first kappa shape index (κ1) is 14.7. The van der Waals surface area contributed by atoms with Crippen molar-refractivity contribution < 1.29 is 4.39 Å². The molecule has 0 saturated carbocycles. The minimum atomic E-state index is -0.398. The van der Waals surface area contributed by atoms with Crippen molar-refractivity contribution in [3.8, 4) is 0 Å². The lowest BCUT2D eigenvalue weighted by molar-refractivity contribution is 0.253. The summed E-state index contributed by atoms with van der Waals surface area (Å²) in [5, 5.41) is 9.42. The molecular formula is C15H18FN3S. The molecule has 2 aromatic rings. The number of hydrogen-bond donors (Lipinski definition) is 2. The summed E-state index contributed by atoms with van der Waals surface area (Å²) in [6.07, 6.45) is 0. The highest BCUT2D eigenvalue weighted by Gasteiger charge is 2.16. The number of nitrogens with one attached hydrogen (secondary N) is 1. The minimum absolute atomic E-state index is 0.166. The molecule has 0 spiro atoms. The minimum Gasteiger partial charge on any atom is -0.384 e. The molecular weight excluding hydrogens is 273 g/mol. The summed E-state index contributed by atoms with van der Waals surface area (Å²) >= 11 is 1.69. The average molecular weight is 291 g/mol. The van der Waals surface area contributed by atoms with Crippen LogP contribution < -0.4 is 5.73 Å². The van der Waals surface area contributed by atoms with Crippen molar-refractivity contribution in [1.29, 1.82) is 5.41 Å². The molecule has 20 heavy (non-hydrogen) atoms. The second kappa shape index (κ2) is 6.15. The summed E-state index contributed by atoms with van der Waals surface area (Å²) in [7, 11) is 1.96. The lowest BCUT2D eigenvalue weighted by Gasteiger charge is -2.24. The van der Waals surface area contributed by atoms with Crippen LogP contribution in [0.3, 0.4) is 0 Å². The molecule has 5 heteroatoms. The maximum Gasteiger partial charge on any atom is 0.138 e. The Morgan fingerprint density at radius 2 is 2.15 bits per heavy atom. The maximum absolute atomic E-state index is 14.2. The van der Waals surface area contributed by atoms with Crippen LogP contribution in [0.15, 0.2) is 35.7 Å². The third-order valence-electron chi connectivity index (χ3n) is 3.40. The van der Waals surface area contributed by atoms with E-state index < -0.39 is 5.82 Å². The predicted molar refractivity (Wildman–Crippen MR) is 81.6 cm³/mol. The third kappa shape index (κ3) is 3.05. The Morgan fingerprint density at radius 3 is 2.75 bits per heavy atom. The van der Waals surface area contributed by atoms with Gasteiger partial charge in [-0.1, -0.05) is 18.2 Å². The molecule has 106 valence electrons. The van der Waals surface area contributed by atoms with E-state index >= 15 is 0 Å². The molecule has 1 aromatic carbocycles. The zero-order valence-electron chi connectivity index (χ0n) is 11.6.